The fraction of sp³-hybridized carbons (Fsp3) is 0.714. The van der Waals surface area contributed by atoms with Crippen molar-refractivity contribution in [3.8, 4) is 0 Å². The highest BCUT2D eigenvalue weighted by Crippen LogP contribution is 1.88. The summed E-state index contributed by atoms with van der Waals surface area (Å²) in [7, 11) is -0.354. The van der Waals surface area contributed by atoms with E-state index in [4.69, 9.17) is 11.1 Å². The Balaban J connectivity index is 2.83. The van der Waals surface area contributed by atoms with Crippen molar-refractivity contribution >= 4 is 19.9 Å². The lowest BCUT2D eigenvalue weighted by molar-refractivity contribution is 0.679. The van der Waals surface area contributed by atoms with E-state index in [0.29, 0.717) is 0 Å². The molecule has 0 spiro atoms. The van der Waals surface area contributed by atoms with Gasteiger partial charge in [-0.1, -0.05) is 18.7 Å². The van der Waals surface area contributed by atoms with Crippen LogP contribution in [0.1, 0.15) is 19.8 Å². The van der Waals surface area contributed by atoms with Gasteiger partial charge in [-0.25, -0.2) is 0 Å². The molecule has 0 aliphatic carbocycles. The molecule has 0 radical (unpaired) electrons. The van der Waals surface area contributed by atoms with Crippen molar-refractivity contribution in [1.82, 2.24) is 5.32 Å². The van der Waals surface area contributed by atoms with Gasteiger partial charge in [-0.2, -0.15) is 11.1 Å². The lowest BCUT2D eigenvalue weighted by atomic mass is 10.3. The van der Waals surface area contributed by atoms with Crippen LogP contribution >= 0.6 is 11.1 Å². The van der Waals surface area contributed by atoms with Crippen molar-refractivity contribution in [1.29, 1.82) is 0 Å². The molecule has 0 saturated heterocycles. The molecular formula is C7H16ClNSi. The zero-order chi connectivity index (χ0) is 7.66. The summed E-state index contributed by atoms with van der Waals surface area (Å²) in [6.45, 7) is 4.33. The van der Waals surface area contributed by atoms with Gasteiger partial charge in [0.1, 0.15) is 8.83 Å². The predicted octanol–water partition coefficient (Wildman–Crippen LogP) is 1.21. The summed E-state index contributed by atoms with van der Waals surface area (Å²) >= 11 is 5.58. The van der Waals surface area contributed by atoms with Gasteiger partial charge in [0.25, 0.3) is 0 Å². The van der Waals surface area contributed by atoms with Crippen molar-refractivity contribution in [3.63, 3.8) is 0 Å². The number of nitrogens with one attached hydrogen (secondary N) is 1. The summed E-state index contributed by atoms with van der Waals surface area (Å²) in [6.07, 6.45) is 4.60. The molecule has 0 aromatic heterocycles. The number of unbranched alkanes of at least 4 members (excludes halogenated alkanes) is 1. The molecule has 0 aliphatic rings. The Morgan fingerprint density at radius 1 is 1.60 bits per heavy atom. The molecule has 10 heavy (non-hydrogen) atoms. The lowest BCUT2D eigenvalue weighted by Crippen LogP contribution is -2.13. The third-order valence-corrected chi connectivity index (χ3v) is 2.28. The normalized spacial score (nSPS) is 12.2. The van der Waals surface area contributed by atoms with Crippen LogP contribution in [-0.4, -0.2) is 21.9 Å². The highest BCUT2D eigenvalue weighted by atomic mass is 35.6. The van der Waals surface area contributed by atoms with Crippen LogP contribution in [-0.2, 0) is 0 Å². The predicted molar refractivity (Wildman–Crippen MR) is 51.3 cm³/mol. The topological polar surface area (TPSA) is 12.0 Å². The number of rotatable bonds is 6. The van der Waals surface area contributed by atoms with E-state index in [0.717, 1.165) is 13.1 Å². The highest BCUT2D eigenvalue weighted by Gasteiger charge is 1.81. The maximum Gasteiger partial charge on any atom is 0.148 e. The highest BCUT2D eigenvalue weighted by molar-refractivity contribution is 6.96. The van der Waals surface area contributed by atoms with Crippen LogP contribution in [0.4, 0.5) is 0 Å². The average Bonchev–Trinajstić information content (AvgIpc) is 1.97. The first-order valence-electron chi connectivity index (χ1n) is 3.83. The van der Waals surface area contributed by atoms with Crippen LogP contribution in [0.3, 0.4) is 0 Å². The summed E-state index contributed by atoms with van der Waals surface area (Å²) in [4.78, 5) is 0. The van der Waals surface area contributed by atoms with E-state index in [-0.39, 0.29) is 8.83 Å². The van der Waals surface area contributed by atoms with Gasteiger partial charge in [-0.15, -0.1) is 0 Å². The summed E-state index contributed by atoms with van der Waals surface area (Å²) in [6, 6.07) is 0. The molecule has 1 N–H and O–H groups in total. The van der Waals surface area contributed by atoms with E-state index < -0.39 is 0 Å². The molecule has 0 aromatic carbocycles. The molecule has 0 aliphatic heterocycles. The van der Waals surface area contributed by atoms with E-state index in [9.17, 15) is 0 Å². The van der Waals surface area contributed by atoms with Crippen molar-refractivity contribution in [2.45, 2.75) is 19.8 Å². The summed E-state index contributed by atoms with van der Waals surface area (Å²) < 4.78 is 0. The minimum absolute atomic E-state index is 0.354. The minimum Gasteiger partial charge on any atom is -0.317 e. The molecule has 0 rings (SSSR count). The SMILES string of the molecule is CCNCCCC=C[SiH2]Cl. The van der Waals surface area contributed by atoms with E-state index in [2.05, 4.69) is 24.0 Å². The molecule has 60 valence electrons. The van der Waals surface area contributed by atoms with Gasteiger partial charge in [0.05, 0.1) is 0 Å². The Kier molecular flexibility index (Phi) is 9.40. The Morgan fingerprint density at radius 3 is 3.00 bits per heavy atom. The second-order valence-electron chi connectivity index (χ2n) is 2.12. The zero-order valence-corrected chi connectivity index (χ0v) is 8.74. The van der Waals surface area contributed by atoms with Gasteiger partial charge in [0.2, 0.25) is 0 Å². The van der Waals surface area contributed by atoms with E-state index in [1.165, 1.54) is 12.8 Å². The first-order valence-corrected chi connectivity index (χ1v) is 6.79. The molecule has 0 saturated carbocycles. The van der Waals surface area contributed by atoms with Crippen molar-refractivity contribution in [2.75, 3.05) is 13.1 Å². The molecule has 0 heterocycles. The van der Waals surface area contributed by atoms with Crippen molar-refractivity contribution in [2.24, 2.45) is 0 Å². The molecule has 0 atom stereocenters. The standard InChI is InChI=1S/C7H16ClNSi/c1-2-9-6-4-3-5-7-10-8/h5,7,9H,2-4,6,10H2,1H3. The van der Waals surface area contributed by atoms with Gasteiger partial charge in [-0.05, 0) is 25.9 Å². The molecule has 0 bridgehead atoms. The third-order valence-electron chi connectivity index (χ3n) is 1.23. The monoisotopic (exact) mass is 177 g/mol. The Bertz CT molecular complexity index is 85.7. The fourth-order valence-electron chi connectivity index (χ4n) is 0.703. The smallest absolute Gasteiger partial charge is 0.148 e. The summed E-state index contributed by atoms with van der Waals surface area (Å²) in [5, 5.41) is 3.27. The second-order valence-corrected chi connectivity index (χ2v) is 3.83. The molecule has 3 heteroatoms. The maximum atomic E-state index is 5.58. The minimum atomic E-state index is -0.354. The van der Waals surface area contributed by atoms with Gasteiger partial charge in [-0.3, -0.25) is 0 Å². The van der Waals surface area contributed by atoms with E-state index in [1.54, 1.807) is 0 Å². The Hall–Kier alpha value is 0.207. The molecule has 0 aromatic rings. The Labute approximate surface area is 70.4 Å². The molecule has 0 fully saturated rings. The van der Waals surface area contributed by atoms with Crippen LogP contribution in [0, 0.1) is 0 Å². The number of hydrogen-bond acceptors (Lipinski definition) is 1. The maximum absolute atomic E-state index is 5.58. The van der Waals surface area contributed by atoms with Gasteiger partial charge in [0.15, 0.2) is 0 Å². The van der Waals surface area contributed by atoms with Crippen LogP contribution in [0.5, 0.6) is 0 Å². The van der Waals surface area contributed by atoms with Crippen LogP contribution in [0.2, 0.25) is 0 Å². The van der Waals surface area contributed by atoms with Crippen LogP contribution in [0.25, 0.3) is 0 Å². The second kappa shape index (κ2) is 9.21. The Morgan fingerprint density at radius 2 is 2.40 bits per heavy atom. The lowest BCUT2D eigenvalue weighted by Gasteiger charge is -1.96. The van der Waals surface area contributed by atoms with E-state index in [1.807, 2.05) is 0 Å². The first kappa shape index (κ1) is 10.2. The molecule has 0 amide bonds. The van der Waals surface area contributed by atoms with E-state index >= 15 is 0 Å². The molecule has 1 nitrogen and oxygen atoms in total. The summed E-state index contributed by atoms with van der Waals surface area (Å²) in [5.74, 6) is 0. The molecular weight excluding hydrogens is 162 g/mol. The summed E-state index contributed by atoms with van der Waals surface area (Å²) in [5.41, 5.74) is 2.13. The third kappa shape index (κ3) is 8.21. The number of halogens is 1. The van der Waals surface area contributed by atoms with Gasteiger partial charge >= 0.3 is 0 Å². The van der Waals surface area contributed by atoms with Crippen LogP contribution < -0.4 is 5.32 Å². The van der Waals surface area contributed by atoms with Crippen LogP contribution in [0.15, 0.2) is 11.8 Å². The fourth-order valence-corrected chi connectivity index (χ4v) is 1.44. The number of allylic oxidation sites excluding steroid dienone is 1. The first-order chi connectivity index (χ1) is 4.91. The zero-order valence-electron chi connectivity index (χ0n) is 6.57. The van der Waals surface area contributed by atoms with Gasteiger partial charge < -0.3 is 5.32 Å². The number of hydrogen-bond donors (Lipinski definition) is 1. The van der Waals surface area contributed by atoms with Crippen molar-refractivity contribution < 1.29 is 0 Å². The van der Waals surface area contributed by atoms with Crippen molar-refractivity contribution in [3.05, 3.63) is 11.8 Å². The average molecular weight is 178 g/mol. The largest absolute Gasteiger partial charge is 0.317 e. The molecule has 0 unspecified atom stereocenters. The quantitative estimate of drug-likeness (QED) is 0.366. The van der Waals surface area contributed by atoms with Gasteiger partial charge in [0, 0.05) is 0 Å².